The first-order chi connectivity index (χ1) is 13.9. The number of aryl methyl sites for hydroxylation is 1. The van der Waals surface area contributed by atoms with Crippen molar-refractivity contribution < 1.29 is 9.18 Å². The van der Waals surface area contributed by atoms with Crippen LogP contribution in [0.15, 0.2) is 48.5 Å². The van der Waals surface area contributed by atoms with Crippen LogP contribution in [0.1, 0.15) is 36.5 Å². The molecular formula is C24H32FN3O. The number of nitrogens with one attached hydrogen (secondary N) is 1. The second kappa shape index (κ2) is 9.99. The lowest BCUT2D eigenvalue weighted by Crippen LogP contribution is -2.50. The Morgan fingerprint density at radius 2 is 1.86 bits per heavy atom. The molecule has 0 unspecified atom stereocenters. The molecule has 1 saturated heterocycles. The maximum absolute atomic E-state index is 13.8. The van der Waals surface area contributed by atoms with E-state index < -0.39 is 0 Å². The highest BCUT2D eigenvalue weighted by molar-refractivity contribution is 5.81. The molecule has 1 fully saturated rings. The largest absolute Gasteiger partial charge is 0.352 e. The average Bonchev–Trinajstić information content (AvgIpc) is 2.72. The van der Waals surface area contributed by atoms with Gasteiger partial charge in [0, 0.05) is 32.2 Å². The second-order valence-electron chi connectivity index (χ2n) is 8.22. The van der Waals surface area contributed by atoms with Crippen molar-refractivity contribution in [1.29, 1.82) is 0 Å². The third-order valence-corrected chi connectivity index (χ3v) is 5.89. The molecule has 0 aromatic heterocycles. The van der Waals surface area contributed by atoms with E-state index in [1.807, 2.05) is 31.0 Å². The van der Waals surface area contributed by atoms with Crippen molar-refractivity contribution >= 4 is 5.91 Å². The summed E-state index contributed by atoms with van der Waals surface area (Å²) in [5.74, 6) is -0.156. The monoisotopic (exact) mass is 397 g/mol. The van der Waals surface area contributed by atoms with Gasteiger partial charge in [-0.2, -0.15) is 0 Å². The Morgan fingerprint density at radius 1 is 1.17 bits per heavy atom. The fourth-order valence-corrected chi connectivity index (χ4v) is 3.76. The van der Waals surface area contributed by atoms with Gasteiger partial charge in [0.2, 0.25) is 5.91 Å². The number of halogens is 1. The molecule has 4 nitrogen and oxygen atoms in total. The molecular weight excluding hydrogens is 365 g/mol. The Morgan fingerprint density at radius 3 is 2.52 bits per heavy atom. The van der Waals surface area contributed by atoms with Gasteiger partial charge >= 0.3 is 0 Å². The van der Waals surface area contributed by atoms with E-state index >= 15 is 0 Å². The molecule has 1 aliphatic rings. The van der Waals surface area contributed by atoms with Crippen LogP contribution in [0.5, 0.6) is 0 Å². The van der Waals surface area contributed by atoms with E-state index in [0.29, 0.717) is 12.1 Å². The predicted octanol–water partition coefficient (Wildman–Crippen LogP) is 3.74. The first kappa shape index (κ1) is 21.5. The van der Waals surface area contributed by atoms with Crippen molar-refractivity contribution in [2.75, 3.05) is 20.1 Å². The Hall–Kier alpha value is -2.24. The highest BCUT2D eigenvalue weighted by Gasteiger charge is 2.24. The zero-order valence-electron chi connectivity index (χ0n) is 17.7. The molecule has 1 amide bonds. The van der Waals surface area contributed by atoms with Crippen molar-refractivity contribution in [3.05, 3.63) is 71.0 Å². The van der Waals surface area contributed by atoms with Crippen LogP contribution in [-0.2, 0) is 17.9 Å². The van der Waals surface area contributed by atoms with Gasteiger partial charge in [0.1, 0.15) is 5.82 Å². The van der Waals surface area contributed by atoms with E-state index in [0.717, 1.165) is 38.0 Å². The maximum atomic E-state index is 13.8. The Labute approximate surface area is 173 Å². The van der Waals surface area contributed by atoms with E-state index in [2.05, 4.69) is 34.5 Å². The second-order valence-corrected chi connectivity index (χ2v) is 8.22. The molecule has 1 N–H and O–H groups in total. The predicted molar refractivity (Wildman–Crippen MR) is 115 cm³/mol. The van der Waals surface area contributed by atoms with Crippen molar-refractivity contribution in [2.24, 2.45) is 0 Å². The van der Waals surface area contributed by atoms with Crippen molar-refractivity contribution in [3.8, 4) is 0 Å². The first-order valence-corrected chi connectivity index (χ1v) is 10.4. The molecule has 1 atom stereocenters. The standard InChI is InChI=1S/C24H32FN3O/c1-18-9-10-21(15-23(18)25)16-27(3)19(2)24(29)26-22-11-13-28(14-12-22)17-20-7-5-4-6-8-20/h4-10,15,19,22H,11-14,16-17H2,1-3H3,(H,26,29)/t19-/m0/s1. The van der Waals surface area contributed by atoms with E-state index in [9.17, 15) is 9.18 Å². The molecule has 2 aromatic carbocycles. The van der Waals surface area contributed by atoms with Crippen molar-refractivity contribution in [3.63, 3.8) is 0 Å². The van der Waals surface area contributed by atoms with Gasteiger partial charge in [-0.05, 0) is 56.5 Å². The van der Waals surface area contributed by atoms with Gasteiger partial charge in [0.15, 0.2) is 0 Å². The molecule has 5 heteroatoms. The van der Waals surface area contributed by atoms with E-state index in [-0.39, 0.29) is 23.8 Å². The lowest BCUT2D eigenvalue weighted by molar-refractivity contribution is -0.126. The van der Waals surface area contributed by atoms with Gasteiger partial charge in [0.05, 0.1) is 6.04 Å². The fraction of sp³-hybridized carbons (Fsp3) is 0.458. The molecule has 1 heterocycles. The SMILES string of the molecule is Cc1ccc(CN(C)[C@@H](C)C(=O)NC2CCN(Cc3ccccc3)CC2)cc1F. The van der Waals surface area contributed by atoms with Crippen molar-refractivity contribution in [2.45, 2.75) is 51.9 Å². The van der Waals surface area contributed by atoms with Gasteiger partial charge in [-0.25, -0.2) is 4.39 Å². The van der Waals surface area contributed by atoms with Gasteiger partial charge in [-0.15, -0.1) is 0 Å². The average molecular weight is 398 g/mol. The minimum atomic E-state index is -0.262. The number of likely N-dealkylation sites (N-methyl/N-ethyl adjacent to an activating group) is 1. The molecule has 1 aliphatic heterocycles. The molecule has 2 aromatic rings. The summed E-state index contributed by atoms with van der Waals surface area (Å²) >= 11 is 0. The van der Waals surface area contributed by atoms with Gasteiger partial charge in [-0.3, -0.25) is 14.6 Å². The van der Waals surface area contributed by atoms with Crippen LogP contribution in [0.25, 0.3) is 0 Å². The number of carbonyl (C=O) groups excluding carboxylic acids is 1. The quantitative estimate of drug-likeness (QED) is 0.773. The van der Waals surface area contributed by atoms with Gasteiger partial charge in [-0.1, -0.05) is 42.5 Å². The smallest absolute Gasteiger partial charge is 0.237 e. The summed E-state index contributed by atoms with van der Waals surface area (Å²) in [6.45, 7) is 7.16. The number of benzene rings is 2. The third-order valence-electron chi connectivity index (χ3n) is 5.89. The van der Waals surface area contributed by atoms with Crippen LogP contribution >= 0.6 is 0 Å². The number of amides is 1. The molecule has 0 radical (unpaired) electrons. The molecule has 0 saturated carbocycles. The first-order valence-electron chi connectivity index (χ1n) is 10.4. The summed E-state index contributed by atoms with van der Waals surface area (Å²) in [7, 11) is 1.91. The molecule has 0 bridgehead atoms. The minimum absolute atomic E-state index is 0.0431. The summed E-state index contributed by atoms with van der Waals surface area (Å²) < 4.78 is 13.8. The van der Waals surface area contributed by atoms with Gasteiger partial charge < -0.3 is 5.32 Å². The Bertz CT molecular complexity index is 803. The van der Waals surface area contributed by atoms with Crippen LogP contribution < -0.4 is 5.32 Å². The molecule has 156 valence electrons. The minimum Gasteiger partial charge on any atom is -0.352 e. The van der Waals surface area contributed by atoms with Gasteiger partial charge in [0.25, 0.3) is 0 Å². The maximum Gasteiger partial charge on any atom is 0.237 e. The highest BCUT2D eigenvalue weighted by atomic mass is 19.1. The number of carbonyl (C=O) groups is 1. The lowest BCUT2D eigenvalue weighted by atomic mass is 10.0. The van der Waals surface area contributed by atoms with Crippen LogP contribution in [0.3, 0.4) is 0 Å². The molecule has 0 spiro atoms. The van der Waals surface area contributed by atoms with Crippen LogP contribution in [0, 0.1) is 12.7 Å². The summed E-state index contributed by atoms with van der Waals surface area (Å²) in [6, 6.07) is 15.7. The number of nitrogens with zero attached hydrogens (tertiary/aromatic N) is 2. The van der Waals surface area contributed by atoms with Crippen LogP contribution in [0.4, 0.5) is 4.39 Å². The molecule has 29 heavy (non-hydrogen) atoms. The summed E-state index contributed by atoms with van der Waals surface area (Å²) in [5, 5.41) is 3.21. The van der Waals surface area contributed by atoms with Crippen LogP contribution in [-0.4, -0.2) is 47.9 Å². The molecule has 0 aliphatic carbocycles. The number of hydrogen-bond donors (Lipinski definition) is 1. The fourth-order valence-electron chi connectivity index (χ4n) is 3.76. The summed E-state index contributed by atoms with van der Waals surface area (Å²) in [4.78, 5) is 17.1. The zero-order valence-corrected chi connectivity index (χ0v) is 17.7. The number of piperidine rings is 1. The third kappa shape index (κ3) is 6.12. The summed E-state index contributed by atoms with van der Waals surface area (Å²) in [6.07, 6.45) is 1.94. The molecule has 3 rings (SSSR count). The Kier molecular flexibility index (Phi) is 7.40. The highest BCUT2D eigenvalue weighted by Crippen LogP contribution is 2.15. The number of hydrogen-bond acceptors (Lipinski definition) is 3. The Balaban J connectivity index is 1.44. The van der Waals surface area contributed by atoms with Crippen molar-refractivity contribution in [1.82, 2.24) is 15.1 Å². The lowest BCUT2D eigenvalue weighted by Gasteiger charge is -2.33. The van der Waals surface area contributed by atoms with Crippen LogP contribution in [0.2, 0.25) is 0 Å². The number of rotatable bonds is 7. The zero-order chi connectivity index (χ0) is 20.8. The van der Waals surface area contributed by atoms with E-state index in [4.69, 9.17) is 0 Å². The topological polar surface area (TPSA) is 35.6 Å². The summed E-state index contributed by atoms with van der Waals surface area (Å²) in [5.41, 5.74) is 2.85. The van der Waals surface area contributed by atoms with E-state index in [1.165, 1.54) is 5.56 Å². The normalized spacial score (nSPS) is 16.7. The van der Waals surface area contributed by atoms with E-state index in [1.54, 1.807) is 19.1 Å². The number of likely N-dealkylation sites (tertiary alicyclic amines) is 1.